The van der Waals surface area contributed by atoms with Crippen LogP contribution in [0.15, 0.2) is 134 Å². The van der Waals surface area contributed by atoms with Crippen molar-refractivity contribution in [2.75, 3.05) is 31.3 Å². The van der Waals surface area contributed by atoms with Crippen LogP contribution >= 0.6 is 10.0 Å². The summed E-state index contributed by atoms with van der Waals surface area (Å²) < 4.78 is 51.7. The van der Waals surface area contributed by atoms with E-state index in [-0.39, 0.29) is 44.9 Å². The molecule has 61 heavy (non-hydrogen) atoms. The minimum Gasteiger partial charge on any atom is -0.459 e. The first kappa shape index (κ1) is 45.1. The van der Waals surface area contributed by atoms with Gasteiger partial charge in [-0.25, -0.2) is 14.8 Å². The molecule has 3 fully saturated rings. The Labute approximate surface area is 361 Å². The monoisotopic (exact) mass is 856 g/mol. The predicted molar refractivity (Wildman–Crippen MR) is 234 cm³/mol. The molecule has 0 bridgehead atoms. The Balaban J connectivity index is 1.25. The molecule has 3 saturated heterocycles. The molecule has 10 unspecified atom stereocenters. The highest BCUT2D eigenvalue weighted by Crippen LogP contribution is 2.84. The molecule has 4 aromatic rings. The second kappa shape index (κ2) is 20.5. The summed E-state index contributed by atoms with van der Waals surface area (Å²) in [5.74, 6) is -0.0782. The van der Waals surface area contributed by atoms with E-state index in [9.17, 15) is 15.0 Å². The molecule has 0 aliphatic carbocycles. The van der Waals surface area contributed by atoms with Crippen LogP contribution in [0, 0.1) is 0 Å². The van der Waals surface area contributed by atoms with Gasteiger partial charge in [-0.05, 0) is 60.6 Å². The van der Waals surface area contributed by atoms with E-state index < -0.39 is 69.6 Å². The summed E-state index contributed by atoms with van der Waals surface area (Å²) in [6, 6.07) is 38.3. The molecule has 2 N–H and O–H groups in total. The van der Waals surface area contributed by atoms with Gasteiger partial charge in [0.25, 0.3) is 0 Å². The highest BCUT2D eigenvalue weighted by Gasteiger charge is 2.76. The maximum atomic E-state index is 13.4. The van der Waals surface area contributed by atoms with Gasteiger partial charge in [-0.2, -0.15) is 0 Å². The Morgan fingerprint density at radius 1 is 0.754 bits per heavy atom. The number of hydrogen-bond donors (Lipinski definition) is 2. The van der Waals surface area contributed by atoms with E-state index in [4.69, 9.17) is 37.9 Å². The summed E-state index contributed by atoms with van der Waals surface area (Å²) in [4.78, 5) is 13.4. The second-order valence-electron chi connectivity index (χ2n) is 16.3. The summed E-state index contributed by atoms with van der Waals surface area (Å²) in [7, 11) is -1.72. The maximum Gasteiger partial charge on any atom is 0.338 e. The van der Waals surface area contributed by atoms with Crippen LogP contribution < -0.4 is 0 Å². The smallest absolute Gasteiger partial charge is 0.338 e. The Morgan fingerprint density at radius 3 is 1.77 bits per heavy atom. The van der Waals surface area contributed by atoms with E-state index in [2.05, 4.69) is 13.5 Å². The van der Waals surface area contributed by atoms with Crippen molar-refractivity contribution in [1.29, 1.82) is 0 Å². The fraction of sp³-hybridized carbons (Fsp3) is 0.449. The third-order valence-corrected chi connectivity index (χ3v) is 17.3. The van der Waals surface area contributed by atoms with E-state index in [1.54, 1.807) is 38.1 Å². The highest BCUT2D eigenvalue weighted by molar-refractivity contribution is 8.41. The molecule has 12 heteroatoms. The van der Waals surface area contributed by atoms with Crippen LogP contribution in [0.25, 0.3) is 0 Å². The van der Waals surface area contributed by atoms with Crippen molar-refractivity contribution in [3.8, 4) is 0 Å². The topological polar surface area (TPSA) is 131 Å². The van der Waals surface area contributed by atoms with Crippen molar-refractivity contribution in [2.45, 2.75) is 106 Å². The van der Waals surface area contributed by atoms with Crippen LogP contribution in [0.5, 0.6) is 0 Å². The van der Waals surface area contributed by atoms with E-state index in [1.165, 1.54) is 0 Å². The zero-order valence-electron chi connectivity index (χ0n) is 35.3. The molecule has 0 amide bonds. The molecule has 4 aromatic carbocycles. The van der Waals surface area contributed by atoms with Gasteiger partial charge in [0.2, 0.25) is 0 Å². The quantitative estimate of drug-likeness (QED) is 0.0497. The maximum absolute atomic E-state index is 13.4. The lowest BCUT2D eigenvalue weighted by Gasteiger charge is -2.46. The average Bonchev–Trinajstić information content (AvgIpc) is 3.71. The zero-order chi connectivity index (χ0) is 42.9. The average molecular weight is 857 g/mol. The Morgan fingerprint density at radius 2 is 1.28 bits per heavy atom. The van der Waals surface area contributed by atoms with Crippen LogP contribution in [0.1, 0.15) is 54.2 Å². The van der Waals surface area contributed by atoms with Crippen LogP contribution in [-0.2, 0) is 57.7 Å². The number of ether oxygens (including phenoxy) is 8. The summed E-state index contributed by atoms with van der Waals surface area (Å²) in [5, 5.41) is 22.5. The van der Waals surface area contributed by atoms with E-state index >= 15 is 0 Å². The standard InChI is InChI=1S/C49H60O11S/c1-5-27-61(28-6-2)44(43-46(52)60-48(3,4)59-43)49(61,33-50)34-57-47-42(55-31-37-23-15-9-16-24-37)41(54-30-36-21-13-8-14-22-36)40(53-29-35-19-11-7-12-20-35)39(58-47)32-56-45(51)38-25-17-10-18-26-38/h5,7-26,39-44,46-47,50,52H,1,6,27-34H2,2-4H3. The fourth-order valence-electron chi connectivity index (χ4n) is 8.93. The van der Waals surface area contributed by atoms with Gasteiger partial charge in [0.1, 0.15) is 37.1 Å². The molecule has 11 nitrogen and oxygen atoms in total. The SMILES string of the molecule is C=CCS1(CCC)C(C2OC(C)(C)OC2O)C1(CO)COC1OC(COC(=O)c2ccccc2)C(OCc2ccccc2)C(OCc2ccccc2)C1OCc1ccccc1. The minimum absolute atomic E-state index is 0.0533. The highest BCUT2D eigenvalue weighted by atomic mass is 32.3. The number of hydrogen-bond acceptors (Lipinski definition) is 11. The molecule has 0 aromatic heterocycles. The number of rotatable bonds is 21. The summed E-state index contributed by atoms with van der Waals surface area (Å²) in [6.45, 7) is 10.1. The molecular weight excluding hydrogens is 797 g/mol. The van der Waals surface area contributed by atoms with Crippen molar-refractivity contribution in [3.63, 3.8) is 0 Å². The molecule has 0 saturated carbocycles. The number of aliphatic hydroxyl groups excluding tert-OH is 2. The first-order chi connectivity index (χ1) is 29.6. The Hall–Kier alpha value is -3.92. The van der Waals surface area contributed by atoms with Gasteiger partial charge in [0.05, 0.1) is 43.3 Å². The summed E-state index contributed by atoms with van der Waals surface area (Å²) in [6.07, 6.45) is -3.51. The van der Waals surface area contributed by atoms with Gasteiger partial charge in [-0.3, -0.25) is 0 Å². The molecule has 0 radical (unpaired) electrons. The fourth-order valence-corrected chi connectivity index (χ4v) is 14.6. The normalized spacial score (nSPS) is 31.5. The van der Waals surface area contributed by atoms with Gasteiger partial charge in [0.15, 0.2) is 18.4 Å². The van der Waals surface area contributed by atoms with Crippen molar-refractivity contribution < 1.29 is 52.9 Å². The van der Waals surface area contributed by atoms with Crippen LogP contribution in [0.3, 0.4) is 0 Å². The lowest BCUT2D eigenvalue weighted by atomic mass is 9.97. The number of carbonyl (C=O) groups excluding carboxylic acids is 1. The van der Waals surface area contributed by atoms with Gasteiger partial charge in [0, 0.05) is 5.25 Å². The summed E-state index contributed by atoms with van der Waals surface area (Å²) in [5.41, 5.74) is 3.22. The van der Waals surface area contributed by atoms with Gasteiger partial charge >= 0.3 is 5.97 Å². The molecule has 7 rings (SSSR count). The first-order valence-corrected chi connectivity index (χ1v) is 23.2. The van der Waals surface area contributed by atoms with E-state index in [0.717, 1.165) is 28.9 Å². The molecule has 3 aliphatic heterocycles. The third kappa shape index (κ3) is 10.3. The number of benzene rings is 4. The van der Waals surface area contributed by atoms with E-state index in [0.29, 0.717) is 11.3 Å². The lowest BCUT2D eigenvalue weighted by molar-refractivity contribution is -0.327. The lowest BCUT2D eigenvalue weighted by Crippen LogP contribution is -2.62. The molecule has 10 atom stereocenters. The second-order valence-corrected chi connectivity index (χ2v) is 20.3. The van der Waals surface area contributed by atoms with E-state index in [1.807, 2.05) is 103 Å². The van der Waals surface area contributed by atoms with Gasteiger partial charge < -0.3 is 48.1 Å². The van der Waals surface area contributed by atoms with Gasteiger partial charge in [-0.1, -0.05) is 122 Å². The Bertz CT molecular complexity index is 1970. The number of esters is 1. The largest absolute Gasteiger partial charge is 0.459 e. The van der Waals surface area contributed by atoms with Crippen LogP contribution in [0.4, 0.5) is 0 Å². The molecule has 3 aliphatic rings. The predicted octanol–water partition coefficient (Wildman–Crippen LogP) is 7.32. The minimum atomic E-state index is -1.72. The first-order valence-electron chi connectivity index (χ1n) is 21.1. The molecule has 3 heterocycles. The van der Waals surface area contributed by atoms with Gasteiger partial charge in [-0.15, -0.1) is 6.58 Å². The van der Waals surface area contributed by atoms with Crippen LogP contribution in [-0.4, -0.2) is 106 Å². The van der Waals surface area contributed by atoms with Crippen molar-refractivity contribution >= 4 is 16.0 Å². The zero-order valence-corrected chi connectivity index (χ0v) is 36.1. The number of aliphatic hydroxyl groups is 2. The molecular formula is C49H60O11S. The molecule has 328 valence electrons. The third-order valence-electron chi connectivity index (χ3n) is 11.7. The van der Waals surface area contributed by atoms with Crippen molar-refractivity contribution in [1.82, 2.24) is 0 Å². The molecule has 0 spiro atoms. The summed E-state index contributed by atoms with van der Waals surface area (Å²) >= 11 is 0. The van der Waals surface area contributed by atoms with Crippen molar-refractivity contribution in [2.24, 2.45) is 0 Å². The van der Waals surface area contributed by atoms with Crippen molar-refractivity contribution in [3.05, 3.63) is 156 Å². The van der Waals surface area contributed by atoms with Crippen LogP contribution in [0.2, 0.25) is 0 Å². The Kier molecular flexibility index (Phi) is 15.2. The number of carbonyl (C=O) groups is 1.